The number of hydrogen-bond donors (Lipinski definition) is 3. The van der Waals surface area contributed by atoms with Crippen LogP contribution < -0.4 is 25.4 Å². The Morgan fingerprint density at radius 3 is 2.29 bits per heavy atom. The minimum Gasteiger partial charge on any atom is -0.497 e. The van der Waals surface area contributed by atoms with Gasteiger partial charge in [0.05, 0.1) is 19.9 Å². The summed E-state index contributed by atoms with van der Waals surface area (Å²) in [6.07, 6.45) is 0. The Morgan fingerprint density at radius 2 is 1.67 bits per heavy atom. The number of anilines is 3. The fraction of sp³-hybridized carbons (Fsp3) is 0.176. The normalized spacial score (nSPS) is 9.79. The molecule has 0 aliphatic heterocycles. The molecule has 0 spiro atoms. The van der Waals surface area contributed by atoms with Gasteiger partial charge in [0, 0.05) is 24.4 Å². The van der Waals surface area contributed by atoms with E-state index in [4.69, 9.17) is 21.7 Å². The molecule has 126 valence electrons. The van der Waals surface area contributed by atoms with E-state index in [0.29, 0.717) is 28.0 Å². The van der Waals surface area contributed by atoms with Gasteiger partial charge in [0.15, 0.2) is 5.11 Å². The molecule has 0 aliphatic carbocycles. The van der Waals surface area contributed by atoms with Gasteiger partial charge in [0.2, 0.25) is 5.91 Å². The molecule has 0 saturated heterocycles. The van der Waals surface area contributed by atoms with Gasteiger partial charge in [-0.15, -0.1) is 0 Å². The summed E-state index contributed by atoms with van der Waals surface area (Å²) in [5.74, 6) is 1.20. The van der Waals surface area contributed by atoms with Crippen molar-refractivity contribution in [3.63, 3.8) is 0 Å². The van der Waals surface area contributed by atoms with Gasteiger partial charge in [-0.1, -0.05) is 6.07 Å². The zero-order chi connectivity index (χ0) is 17.5. The molecule has 24 heavy (non-hydrogen) atoms. The van der Waals surface area contributed by atoms with E-state index in [2.05, 4.69) is 16.0 Å². The second kappa shape index (κ2) is 8.16. The molecule has 1 amide bonds. The molecular formula is C17H19N3O3S. The van der Waals surface area contributed by atoms with E-state index in [-0.39, 0.29) is 5.91 Å². The Morgan fingerprint density at radius 1 is 0.958 bits per heavy atom. The van der Waals surface area contributed by atoms with Crippen LogP contribution in [0.5, 0.6) is 11.5 Å². The summed E-state index contributed by atoms with van der Waals surface area (Å²) in [6.45, 7) is 1.46. The van der Waals surface area contributed by atoms with Crippen molar-refractivity contribution in [1.29, 1.82) is 0 Å². The first-order chi connectivity index (χ1) is 11.5. The lowest BCUT2D eigenvalue weighted by Crippen LogP contribution is -2.19. The lowest BCUT2D eigenvalue weighted by atomic mass is 10.2. The number of benzene rings is 2. The van der Waals surface area contributed by atoms with E-state index in [0.717, 1.165) is 5.69 Å². The molecule has 2 aromatic rings. The number of carbonyl (C=O) groups excluding carboxylic acids is 1. The zero-order valence-electron chi connectivity index (χ0n) is 13.7. The number of thiocarbonyl (C=S) groups is 1. The molecule has 0 fully saturated rings. The third-order valence-corrected chi connectivity index (χ3v) is 3.30. The maximum atomic E-state index is 11.1. The Labute approximate surface area is 146 Å². The van der Waals surface area contributed by atoms with Crippen LogP contribution in [0.1, 0.15) is 6.92 Å². The van der Waals surface area contributed by atoms with E-state index in [1.807, 2.05) is 12.1 Å². The van der Waals surface area contributed by atoms with Gasteiger partial charge in [-0.2, -0.15) is 0 Å². The maximum Gasteiger partial charge on any atom is 0.221 e. The quantitative estimate of drug-likeness (QED) is 0.721. The molecule has 0 saturated carbocycles. The van der Waals surface area contributed by atoms with E-state index < -0.39 is 0 Å². The molecule has 7 heteroatoms. The molecule has 0 bridgehead atoms. The van der Waals surface area contributed by atoms with E-state index in [9.17, 15) is 4.79 Å². The number of ether oxygens (including phenoxy) is 2. The number of methoxy groups -OCH3 is 2. The summed E-state index contributed by atoms with van der Waals surface area (Å²) in [7, 11) is 3.18. The highest BCUT2D eigenvalue weighted by atomic mass is 32.1. The highest BCUT2D eigenvalue weighted by molar-refractivity contribution is 7.80. The molecule has 3 N–H and O–H groups in total. The monoisotopic (exact) mass is 345 g/mol. The summed E-state index contributed by atoms with van der Waals surface area (Å²) >= 11 is 5.33. The molecule has 2 rings (SSSR count). The number of hydrogen-bond acceptors (Lipinski definition) is 4. The fourth-order valence-corrected chi connectivity index (χ4v) is 2.30. The Balaban J connectivity index is 2.09. The van der Waals surface area contributed by atoms with Crippen LogP contribution in [0.3, 0.4) is 0 Å². The van der Waals surface area contributed by atoms with Gasteiger partial charge in [-0.05, 0) is 42.5 Å². The fourth-order valence-electron chi connectivity index (χ4n) is 2.07. The first-order valence-electron chi connectivity index (χ1n) is 7.19. The van der Waals surface area contributed by atoms with Gasteiger partial charge < -0.3 is 25.4 Å². The average Bonchev–Trinajstić information content (AvgIpc) is 2.54. The molecule has 0 unspecified atom stereocenters. The van der Waals surface area contributed by atoms with Crippen molar-refractivity contribution >= 4 is 40.3 Å². The summed E-state index contributed by atoms with van der Waals surface area (Å²) < 4.78 is 10.5. The summed E-state index contributed by atoms with van der Waals surface area (Å²) in [6, 6.07) is 12.6. The molecular weight excluding hydrogens is 326 g/mol. The first kappa shape index (κ1) is 17.6. The van der Waals surface area contributed by atoms with Crippen molar-refractivity contribution in [3.8, 4) is 11.5 Å². The Kier molecular flexibility index (Phi) is 5.97. The maximum absolute atomic E-state index is 11.1. The molecule has 0 atom stereocenters. The van der Waals surface area contributed by atoms with Crippen LogP contribution >= 0.6 is 12.2 Å². The van der Waals surface area contributed by atoms with Crippen molar-refractivity contribution in [2.75, 3.05) is 30.2 Å². The Hall–Kier alpha value is -2.80. The molecule has 6 nitrogen and oxygen atoms in total. The number of amides is 1. The number of carbonyl (C=O) groups is 1. The topological polar surface area (TPSA) is 71.6 Å². The van der Waals surface area contributed by atoms with Gasteiger partial charge >= 0.3 is 0 Å². The van der Waals surface area contributed by atoms with Crippen LogP contribution in [0.25, 0.3) is 0 Å². The predicted octanol–water partition coefficient (Wildman–Crippen LogP) is 3.47. The highest BCUT2D eigenvalue weighted by Crippen LogP contribution is 2.29. The van der Waals surface area contributed by atoms with Gasteiger partial charge in [-0.3, -0.25) is 4.79 Å². The number of nitrogens with one attached hydrogen (secondary N) is 3. The van der Waals surface area contributed by atoms with E-state index >= 15 is 0 Å². The van der Waals surface area contributed by atoms with Crippen LogP contribution in [-0.2, 0) is 4.79 Å². The van der Waals surface area contributed by atoms with E-state index in [1.165, 1.54) is 6.92 Å². The zero-order valence-corrected chi connectivity index (χ0v) is 14.5. The van der Waals surface area contributed by atoms with Crippen molar-refractivity contribution in [2.45, 2.75) is 6.92 Å². The van der Waals surface area contributed by atoms with Gasteiger partial charge in [0.1, 0.15) is 11.5 Å². The van der Waals surface area contributed by atoms with Crippen molar-refractivity contribution in [1.82, 2.24) is 0 Å². The average molecular weight is 345 g/mol. The minimum absolute atomic E-state index is 0.131. The Bertz CT molecular complexity index is 750. The van der Waals surface area contributed by atoms with Crippen LogP contribution in [0, 0.1) is 0 Å². The third kappa shape index (κ3) is 4.85. The largest absolute Gasteiger partial charge is 0.497 e. The summed E-state index contributed by atoms with van der Waals surface area (Å²) in [5, 5.41) is 9.25. The SMILES string of the molecule is COc1ccc(OC)c(NC(=S)Nc2cccc(NC(C)=O)c2)c1. The van der Waals surface area contributed by atoms with Crippen molar-refractivity contribution in [3.05, 3.63) is 42.5 Å². The predicted molar refractivity (Wildman–Crippen MR) is 100 cm³/mol. The smallest absolute Gasteiger partial charge is 0.221 e. The first-order valence-corrected chi connectivity index (χ1v) is 7.60. The van der Waals surface area contributed by atoms with Crippen LogP contribution in [0.2, 0.25) is 0 Å². The van der Waals surface area contributed by atoms with Crippen molar-refractivity contribution in [2.24, 2.45) is 0 Å². The highest BCUT2D eigenvalue weighted by Gasteiger charge is 2.07. The minimum atomic E-state index is -0.131. The number of rotatable bonds is 5. The molecule has 0 aromatic heterocycles. The summed E-state index contributed by atoms with van der Waals surface area (Å²) in [4.78, 5) is 11.1. The standard InChI is InChI=1S/C17H19N3O3S/c1-11(21)18-12-5-4-6-13(9-12)19-17(24)20-15-10-14(22-2)7-8-16(15)23-3/h4-10H,1-3H3,(H,18,21)(H2,19,20,24). The molecule has 2 aromatic carbocycles. The van der Waals surface area contributed by atoms with E-state index in [1.54, 1.807) is 44.6 Å². The van der Waals surface area contributed by atoms with Crippen LogP contribution in [-0.4, -0.2) is 25.2 Å². The van der Waals surface area contributed by atoms with Gasteiger partial charge in [-0.25, -0.2) is 0 Å². The second-order valence-electron chi connectivity index (χ2n) is 4.91. The molecule has 0 radical (unpaired) electrons. The van der Waals surface area contributed by atoms with Crippen LogP contribution in [0.15, 0.2) is 42.5 Å². The third-order valence-electron chi connectivity index (χ3n) is 3.10. The molecule has 0 heterocycles. The lowest BCUT2D eigenvalue weighted by Gasteiger charge is -2.15. The summed E-state index contributed by atoms with van der Waals surface area (Å²) in [5.41, 5.74) is 2.13. The molecule has 0 aliphatic rings. The van der Waals surface area contributed by atoms with Crippen LogP contribution in [0.4, 0.5) is 17.1 Å². The second-order valence-corrected chi connectivity index (χ2v) is 5.32. The lowest BCUT2D eigenvalue weighted by molar-refractivity contribution is -0.114. The van der Waals surface area contributed by atoms with Crippen molar-refractivity contribution < 1.29 is 14.3 Å². The van der Waals surface area contributed by atoms with Gasteiger partial charge in [0.25, 0.3) is 0 Å².